The van der Waals surface area contributed by atoms with Crippen molar-refractivity contribution in [2.75, 3.05) is 0 Å². The smallest absolute Gasteiger partial charge is 0.354 e. The Bertz CT molecular complexity index is 2340. The maximum absolute atomic E-state index is 10.6. The van der Waals surface area contributed by atoms with Gasteiger partial charge in [-0.1, -0.05) is 112 Å². The molecule has 4 nitrogen and oxygen atoms in total. The van der Waals surface area contributed by atoms with Crippen LogP contribution in [0.25, 0.3) is 55.3 Å². The number of hydrogen-bond acceptors (Lipinski definition) is 3. The van der Waals surface area contributed by atoms with Crippen molar-refractivity contribution in [3.63, 3.8) is 0 Å². The van der Waals surface area contributed by atoms with Gasteiger partial charge in [-0.3, -0.25) is 4.98 Å². The zero-order valence-electron chi connectivity index (χ0n) is 27.6. The number of carbonyl (C=O) groups is 1. The van der Waals surface area contributed by atoms with Crippen LogP contribution in [0.1, 0.15) is 52.2 Å². The van der Waals surface area contributed by atoms with Gasteiger partial charge in [0.1, 0.15) is 5.69 Å². The number of pyridine rings is 2. The van der Waals surface area contributed by atoms with Crippen LogP contribution in [0.4, 0.5) is 0 Å². The largest absolute Gasteiger partial charge is 0.477 e. The molecule has 1 aliphatic carbocycles. The summed E-state index contributed by atoms with van der Waals surface area (Å²) in [5.41, 5.74) is 15.3. The first-order valence-electron chi connectivity index (χ1n) is 15.8. The monoisotopic (exact) mass is 804 g/mol. The van der Waals surface area contributed by atoms with Gasteiger partial charge in [-0.05, 0) is 70.3 Å². The van der Waals surface area contributed by atoms with E-state index in [1.54, 1.807) is 12.1 Å². The van der Waals surface area contributed by atoms with Gasteiger partial charge in [0.2, 0.25) is 0 Å². The first kappa shape index (κ1) is 33.0. The van der Waals surface area contributed by atoms with E-state index in [9.17, 15) is 4.79 Å². The predicted molar refractivity (Wildman–Crippen MR) is 192 cm³/mol. The summed E-state index contributed by atoms with van der Waals surface area (Å²) < 4.78 is 0. The molecule has 0 spiro atoms. The molecule has 1 radical (unpaired) electrons. The van der Waals surface area contributed by atoms with Crippen LogP contribution in [-0.2, 0) is 25.5 Å². The number of aryl methyl sites for hydroxylation is 3. The van der Waals surface area contributed by atoms with Crippen LogP contribution in [0.2, 0.25) is 0 Å². The fourth-order valence-corrected chi connectivity index (χ4v) is 6.83. The molecule has 0 saturated heterocycles. The molecule has 0 bridgehead atoms. The molecular formula is C43H35IrN2O2-. The maximum atomic E-state index is 10.6. The second-order valence-corrected chi connectivity index (χ2v) is 13.0. The Morgan fingerprint density at radius 2 is 1.44 bits per heavy atom. The van der Waals surface area contributed by atoms with E-state index >= 15 is 0 Å². The van der Waals surface area contributed by atoms with Crippen LogP contribution in [0.15, 0.2) is 115 Å². The van der Waals surface area contributed by atoms with Gasteiger partial charge in [0.15, 0.2) is 0 Å². The van der Waals surface area contributed by atoms with Crippen LogP contribution in [-0.4, -0.2) is 21.0 Å². The van der Waals surface area contributed by atoms with E-state index < -0.39 is 5.97 Å². The quantitative estimate of drug-likeness (QED) is 0.181. The van der Waals surface area contributed by atoms with Crippen molar-refractivity contribution >= 4 is 27.8 Å². The molecule has 5 aromatic carbocycles. The summed E-state index contributed by atoms with van der Waals surface area (Å²) in [4.78, 5) is 19.8. The van der Waals surface area contributed by atoms with Crippen molar-refractivity contribution in [1.29, 1.82) is 0 Å². The number of hydrogen-bond donors (Lipinski definition) is 1. The number of fused-ring (bicyclic) bond motifs is 5. The molecule has 0 fully saturated rings. The van der Waals surface area contributed by atoms with E-state index in [1.165, 1.54) is 56.0 Å². The molecule has 2 aromatic heterocycles. The number of carboxylic acids is 1. The van der Waals surface area contributed by atoms with E-state index in [1.807, 2.05) is 18.2 Å². The average Bonchev–Trinajstić information content (AvgIpc) is 3.28. The Labute approximate surface area is 294 Å². The van der Waals surface area contributed by atoms with E-state index in [0.29, 0.717) is 5.52 Å². The summed E-state index contributed by atoms with van der Waals surface area (Å²) in [6.45, 7) is 11.0. The predicted octanol–water partition coefficient (Wildman–Crippen LogP) is 10.5. The van der Waals surface area contributed by atoms with Crippen molar-refractivity contribution in [1.82, 2.24) is 9.97 Å². The second-order valence-electron chi connectivity index (χ2n) is 13.0. The molecule has 0 atom stereocenters. The molecule has 239 valence electrons. The molecule has 8 rings (SSSR count). The normalized spacial score (nSPS) is 12.4. The molecule has 5 heteroatoms. The minimum atomic E-state index is -0.995. The molecule has 1 aliphatic rings. The number of aromatic carboxylic acids is 1. The second kappa shape index (κ2) is 12.9. The topological polar surface area (TPSA) is 63.1 Å². The SMILES string of the molecule is Cc1[c-]c(-c2cc(-c3cccc(C)c3)c3cc4c(cc3n2)C(C)(C)c2ccccc2-4)cc(C)c1.O=C(O)c1ccc2ccccc2n1.[Ir]. The third kappa shape index (κ3) is 6.08. The summed E-state index contributed by atoms with van der Waals surface area (Å²) in [6, 6.07) is 43.1. The fourth-order valence-electron chi connectivity index (χ4n) is 6.83. The van der Waals surface area contributed by atoms with Crippen molar-refractivity contribution in [3.8, 4) is 33.5 Å². The number of rotatable bonds is 3. The van der Waals surface area contributed by atoms with Gasteiger partial charge in [0, 0.05) is 36.3 Å². The first-order valence-corrected chi connectivity index (χ1v) is 15.8. The third-order valence-electron chi connectivity index (χ3n) is 9.08. The van der Waals surface area contributed by atoms with Gasteiger partial charge in [-0.2, -0.15) is 0 Å². The van der Waals surface area contributed by atoms with Crippen LogP contribution in [0, 0.1) is 26.8 Å². The van der Waals surface area contributed by atoms with E-state index in [-0.39, 0.29) is 31.2 Å². The fraction of sp³-hybridized carbons (Fsp3) is 0.140. The van der Waals surface area contributed by atoms with Gasteiger partial charge >= 0.3 is 5.97 Å². The average molecular weight is 804 g/mol. The van der Waals surface area contributed by atoms with E-state index in [0.717, 1.165) is 27.7 Å². The van der Waals surface area contributed by atoms with Crippen LogP contribution < -0.4 is 0 Å². The number of nitrogens with zero attached hydrogens (tertiary/aromatic N) is 2. The summed E-state index contributed by atoms with van der Waals surface area (Å²) in [7, 11) is 0. The molecule has 0 unspecified atom stereocenters. The number of aromatic nitrogens is 2. The zero-order chi connectivity index (χ0) is 32.9. The minimum Gasteiger partial charge on any atom is -0.477 e. The minimum absolute atomic E-state index is 0. The molecule has 0 saturated carbocycles. The van der Waals surface area contributed by atoms with E-state index in [2.05, 4.69) is 125 Å². The first-order chi connectivity index (χ1) is 22.6. The third-order valence-corrected chi connectivity index (χ3v) is 9.08. The summed E-state index contributed by atoms with van der Waals surface area (Å²) >= 11 is 0. The van der Waals surface area contributed by atoms with Crippen LogP contribution in [0.3, 0.4) is 0 Å². The van der Waals surface area contributed by atoms with Crippen molar-refractivity contribution in [2.45, 2.75) is 40.0 Å². The van der Waals surface area contributed by atoms with Crippen LogP contribution >= 0.6 is 0 Å². The number of para-hydroxylation sites is 1. The standard InChI is InChI=1S/C33H28N.C10H7NO2.Ir/c1-20-9-8-10-23(14-20)26-18-31(24-15-21(2)13-22(3)16-24)34-32-19-30-27(17-28(26)32)25-11-6-7-12-29(25)33(30,4)5;12-10(13)9-6-5-7-3-1-2-4-8(7)11-9;/h6-15,17-19H,1-5H3;1-6H,(H,12,13);/q-1;;. The van der Waals surface area contributed by atoms with Gasteiger partial charge in [-0.15, -0.1) is 34.9 Å². The molecule has 0 amide bonds. The van der Waals surface area contributed by atoms with Crippen LogP contribution in [0.5, 0.6) is 0 Å². The summed E-state index contributed by atoms with van der Waals surface area (Å²) in [5.74, 6) is -0.995. The van der Waals surface area contributed by atoms with Gasteiger partial charge in [0.25, 0.3) is 0 Å². The van der Waals surface area contributed by atoms with Crippen molar-refractivity contribution in [2.24, 2.45) is 0 Å². The van der Waals surface area contributed by atoms with E-state index in [4.69, 9.17) is 10.1 Å². The summed E-state index contributed by atoms with van der Waals surface area (Å²) in [6.07, 6.45) is 0. The Morgan fingerprint density at radius 3 is 2.21 bits per heavy atom. The Morgan fingerprint density at radius 1 is 0.667 bits per heavy atom. The summed E-state index contributed by atoms with van der Waals surface area (Å²) in [5, 5.41) is 10.8. The van der Waals surface area contributed by atoms with Gasteiger partial charge in [0.05, 0.1) is 11.0 Å². The molecule has 48 heavy (non-hydrogen) atoms. The Kier molecular flexibility index (Phi) is 8.87. The van der Waals surface area contributed by atoms with Crippen molar-refractivity contribution < 1.29 is 30.0 Å². The Hall–Kier alpha value is -4.96. The molecule has 1 N–H and O–H groups in total. The molecular weight excluding hydrogens is 769 g/mol. The maximum Gasteiger partial charge on any atom is 0.354 e. The van der Waals surface area contributed by atoms with Gasteiger partial charge in [-0.25, -0.2) is 9.78 Å². The molecule has 7 aromatic rings. The Balaban J connectivity index is 0.000000241. The van der Waals surface area contributed by atoms with Crippen molar-refractivity contribution in [3.05, 3.63) is 155 Å². The number of benzene rings is 5. The zero-order valence-corrected chi connectivity index (χ0v) is 29.9. The molecule has 0 aliphatic heterocycles. The number of carboxylic acid groups (broad SMARTS) is 1. The molecule has 2 heterocycles. The van der Waals surface area contributed by atoms with Gasteiger partial charge < -0.3 is 5.11 Å².